The maximum atomic E-state index is 6.19. The summed E-state index contributed by atoms with van der Waals surface area (Å²) in [5, 5.41) is 1.13. The Labute approximate surface area is 123 Å². The maximum absolute atomic E-state index is 6.19. The van der Waals surface area contributed by atoms with E-state index < -0.39 is 0 Å². The number of benzene rings is 2. The van der Waals surface area contributed by atoms with Gasteiger partial charge in [0, 0.05) is 0 Å². The molecule has 0 unspecified atom stereocenters. The number of ether oxygens (including phenoxy) is 1. The lowest BCUT2D eigenvalue weighted by Crippen LogP contribution is -2.02. The second kappa shape index (κ2) is 6.29. The first-order valence-electron chi connectivity index (χ1n) is 6.02. The van der Waals surface area contributed by atoms with Gasteiger partial charge in [0.2, 0.25) is 0 Å². The summed E-state index contributed by atoms with van der Waals surface area (Å²) >= 11 is 12.3. The lowest BCUT2D eigenvalue weighted by atomic mass is 10.1. The smallest absolute Gasteiger partial charge is 0.146 e. The first kappa shape index (κ1) is 14.2. The van der Waals surface area contributed by atoms with Crippen LogP contribution in [-0.2, 0) is 6.42 Å². The fourth-order valence-electron chi connectivity index (χ4n) is 1.76. The third-order valence-corrected chi connectivity index (χ3v) is 3.33. The van der Waals surface area contributed by atoms with Crippen molar-refractivity contribution in [1.82, 2.24) is 0 Å². The molecule has 0 bridgehead atoms. The summed E-state index contributed by atoms with van der Waals surface area (Å²) in [6.07, 6.45) is 0.797. The molecule has 0 aliphatic rings. The van der Waals surface area contributed by atoms with Crippen molar-refractivity contribution in [3.05, 3.63) is 57.6 Å². The minimum absolute atomic E-state index is 0.558. The molecule has 0 atom stereocenters. The van der Waals surface area contributed by atoms with Crippen LogP contribution in [0.25, 0.3) is 0 Å². The topological polar surface area (TPSA) is 35.2 Å². The van der Waals surface area contributed by atoms with Gasteiger partial charge in [0.15, 0.2) is 0 Å². The fourth-order valence-corrected chi connectivity index (χ4v) is 2.27. The van der Waals surface area contributed by atoms with E-state index in [2.05, 4.69) is 0 Å². The predicted molar refractivity (Wildman–Crippen MR) is 80.5 cm³/mol. The van der Waals surface area contributed by atoms with Crippen LogP contribution in [0.3, 0.4) is 0 Å². The molecular weight excluding hydrogens is 281 g/mol. The molecule has 2 aromatic carbocycles. The highest BCUT2D eigenvalue weighted by Gasteiger charge is 2.07. The van der Waals surface area contributed by atoms with Crippen molar-refractivity contribution in [1.29, 1.82) is 0 Å². The molecule has 0 aromatic heterocycles. The van der Waals surface area contributed by atoms with Gasteiger partial charge in [0.25, 0.3) is 0 Å². The van der Waals surface area contributed by atoms with Crippen LogP contribution in [0.1, 0.15) is 11.1 Å². The van der Waals surface area contributed by atoms with Gasteiger partial charge in [-0.1, -0.05) is 35.3 Å². The largest absolute Gasteiger partial charge is 0.454 e. The molecule has 2 nitrogen and oxygen atoms in total. The molecule has 100 valence electrons. The highest BCUT2D eigenvalue weighted by atomic mass is 35.5. The molecule has 0 fully saturated rings. The molecular formula is C15H15Cl2NO. The van der Waals surface area contributed by atoms with Crippen LogP contribution in [0.2, 0.25) is 10.0 Å². The zero-order valence-electron chi connectivity index (χ0n) is 10.6. The van der Waals surface area contributed by atoms with E-state index in [1.807, 2.05) is 43.3 Å². The highest BCUT2D eigenvalue weighted by Crippen LogP contribution is 2.34. The van der Waals surface area contributed by atoms with Crippen molar-refractivity contribution in [2.75, 3.05) is 6.54 Å². The molecule has 2 N–H and O–H groups in total. The average Bonchev–Trinajstić information content (AvgIpc) is 2.36. The molecule has 0 saturated carbocycles. The van der Waals surface area contributed by atoms with Crippen LogP contribution in [0.15, 0.2) is 36.4 Å². The molecule has 2 aromatic rings. The number of rotatable bonds is 4. The summed E-state index contributed by atoms with van der Waals surface area (Å²) in [5.41, 5.74) is 7.69. The summed E-state index contributed by atoms with van der Waals surface area (Å²) < 4.78 is 5.73. The first-order chi connectivity index (χ1) is 9.10. The quantitative estimate of drug-likeness (QED) is 0.895. The SMILES string of the molecule is Cc1ccc(Oc2ccc(CCN)cc2Cl)c(Cl)c1. The lowest BCUT2D eigenvalue weighted by Gasteiger charge is -2.10. The number of aryl methyl sites for hydroxylation is 1. The van der Waals surface area contributed by atoms with Crippen molar-refractivity contribution in [2.45, 2.75) is 13.3 Å². The minimum atomic E-state index is 0.558. The Morgan fingerprint density at radius 3 is 2.21 bits per heavy atom. The Balaban J connectivity index is 2.23. The van der Waals surface area contributed by atoms with Crippen LogP contribution in [0.5, 0.6) is 11.5 Å². The predicted octanol–water partition coefficient (Wildman–Crippen LogP) is 4.60. The van der Waals surface area contributed by atoms with Gasteiger partial charge in [-0.05, 0) is 55.3 Å². The molecule has 0 saturated heterocycles. The third-order valence-electron chi connectivity index (χ3n) is 2.74. The van der Waals surface area contributed by atoms with E-state index in [4.69, 9.17) is 33.7 Å². The van der Waals surface area contributed by atoms with E-state index in [1.54, 1.807) is 0 Å². The Kier molecular flexibility index (Phi) is 4.70. The number of halogens is 2. The normalized spacial score (nSPS) is 10.5. The van der Waals surface area contributed by atoms with E-state index in [1.165, 1.54) is 0 Å². The van der Waals surface area contributed by atoms with Crippen molar-refractivity contribution in [3.8, 4) is 11.5 Å². The second-order valence-electron chi connectivity index (χ2n) is 4.34. The Morgan fingerprint density at radius 2 is 1.63 bits per heavy atom. The standard InChI is InChI=1S/C15H15Cl2NO/c1-10-2-4-14(12(16)8-10)19-15-5-3-11(6-7-18)9-13(15)17/h2-5,8-9H,6-7,18H2,1H3. The second-order valence-corrected chi connectivity index (χ2v) is 5.15. The number of hydrogen-bond acceptors (Lipinski definition) is 2. The molecule has 19 heavy (non-hydrogen) atoms. The molecule has 0 heterocycles. The van der Waals surface area contributed by atoms with Crippen LogP contribution in [0, 0.1) is 6.92 Å². The van der Waals surface area contributed by atoms with Crippen LogP contribution < -0.4 is 10.5 Å². The first-order valence-corrected chi connectivity index (χ1v) is 6.78. The lowest BCUT2D eigenvalue weighted by molar-refractivity contribution is 0.483. The molecule has 0 radical (unpaired) electrons. The van der Waals surface area contributed by atoms with E-state index in [0.717, 1.165) is 17.5 Å². The van der Waals surface area contributed by atoms with Crippen molar-refractivity contribution in [2.24, 2.45) is 5.73 Å². The van der Waals surface area contributed by atoms with Gasteiger partial charge in [0.1, 0.15) is 11.5 Å². The van der Waals surface area contributed by atoms with Crippen LogP contribution >= 0.6 is 23.2 Å². The molecule has 0 amide bonds. The van der Waals surface area contributed by atoms with Crippen LogP contribution in [-0.4, -0.2) is 6.54 Å². The van der Waals surface area contributed by atoms with E-state index >= 15 is 0 Å². The van der Waals surface area contributed by atoms with E-state index in [9.17, 15) is 0 Å². The van der Waals surface area contributed by atoms with Gasteiger partial charge < -0.3 is 10.5 Å². The maximum Gasteiger partial charge on any atom is 0.146 e. The highest BCUT2D eigenvalue weighted by molar-refractivity contribution is 6.33. The third kappa shape index (κ3) is 3.63. The summed E-state index contributed by atoms with van der Waals surface area (Å²) in [6.45, 7) is 2.57. The van der Waals surface area contributed by atoms with Crippen molar-refractivity contribution < 1.29 is 4.74 Å². The minimum Gasteiger partial charge on any atom is -0.454 e. The molecule has 0 aliphatic carbocycles. The van der Waals surface area contributed by atoms with Crippen molar-refractivity contribution >= 4 is 23.2 Å². The number of nitrogens with two attached hydrogens (primary N) is 1. The summed E-state index contributed by atoms with van der Waals surface area (Å²) in [5.74, 6) is 1.19. The summed E-state index contributed by atoms with van der Waals surface area (Å²) in [4.78, 5) is 0. The monoisotopic (exact) mass is 295 g/mol. The van der Waals surface area contributed by atoms with Crippen LogP contribution in [0.4, 0.5) is 0 Å². The Morgan fingerprint density at radius 1 is 1.00 bits per heavy atom. The fraction of sp³-hybridized carbons (Fsp3) is 0.200. The summed E-state index contributed by atoms with van der Waals surface area (Å²) in [7, 11) is 0. The molecule has 0 aliphatic heterocycles. The van der Waals surface area contributed by atoms with Gasteiger partial charge in [-0.25, -0.2) is 0 Å². The summed E-state index contributed by atoms with van der Waals surface area (Å²) in [6, 6.07) is 11.3. The number of hydrogen-bond donors (Lipinski definition) is 1. The van der Waals surface area contributed by atoms with Gasteiger partial charge in [-0.2, -0.15) is 0 Å². The molecule has 4 heteroatoms. The Bertz CT molecular complexity index is 584. The van der Waals surface area contributed by atoms with Gasteiger partial charge >= 0.3 is 0 Å². The van der Waals surface area contributed by atoms with Gasteiger partial charge in [-0.3, -0.25) is 0 Å². The van der Waals surface area contributed by atoms with Crippen molar-refractivity contribution in [3.63, 3.8) is 0 Å². The molecule has 2 rings (SSSR count). The van der Waals surface area contributed by atoms with Gasteiger partial charge in [0.05, 0.1) is 10.0 Å². The van der Waals surface area contributed by atoms with E-state index in [-0.39, 0.29) is 0 Å². The zero-order valence-corrected chi connectivity index (χ0v) is 12.1. The Hall–Kier alpha value is -1.22. The molecule has 0 spiro atoms. The zero-order chi connectivity index (χ0) is 13.8. The van der Waals surface area contributed by atoms with Gasteiger partial charge in [-0.15, -0.1) is 0 Å². The average molecular weight is 296 g/mol. The van der Waals surface area contributed by atoms with E-state index in [0.29, 0.717) is 28.1 Å².